The van der Waals surface area contributed by atoms with Crippen LogP contribution in [0.3, 0.4) is 0 Å². The number of carbonyl (C=O) groups excluding carboxylic acids is 1. The summed E-state index contributed by atoms with van der Waals surface area (Å²) in [6.45, 7) is 5.09. The Morgan fingerprint density at radius 2 is 2.03 bits per heavy atom. The number of rotatable bonds is 5. The maximum absolute atomic E-state index is 12.8. The smallest absolute Gasteiger partial charge is 0.345 e. The molecule has 0 saturated heterocycles. The van der Waals surface area contributed by atoms with Crippen LogP contribution in [-0.4, -0.2) is 42.7 Å². The Morgan fingerprint density at radius 1 is 1.26 bits per heavy atom. The molecule has 7 nitrogen and oxygen atoms in total. The number of pyridine rings is 1. The minimum Gasteiger partial charge on any atom is -0.345 e. The number of hydrogen-bond acceptors (Lipinski definition) is 4. The van der Waals surface area contributed by atoms with E-state index < -0.39 is 18.1 Å². The highest BCUT2D eigenvalue weighted by Crippen LogP contribution is 2.29. The lowest BCUT2D eigenvalue weighted by Crippen LogP contribution is -2.43. The van der Waals surface area contributed by atoms with Gasteiger partial charge in [0.1, 0.15) is 17.5 Å². The summed E-state index contributed by atoms with van der Waals surface area (Å²) >= 11 is 0. The van der Waals surface area contributed by atoms with Crippen LogP contribution >= 0.6 is 0 Å². The standard InChI is InChI=1S/C21H21F3N6O/c1-11(2)6-18-25-9-15-14(8-26-19(15)29-18)13-4-5-30-17(7-13)16(10-27-30)20(31)28-12(3)21(22,23)24/h4-5,7-12H,6H2,1-3H3,(H,28,31)(H,25,26,29)/t12-/m1/s1. The molecule has 0 spiro atoms. The predicted octanol–water partition coefficient (Wildman–Crippen LogP) is 4.15. The van der Waals surface area contributed by atoms with Gasteiger partial charge in [-0.2, -0.15) is 18.3 Å². The second-order valence-electron chi connectivity index (χ2n) is 7.89. The first-order chi connectivity index (χ1) is 14.6. The molecule has 0 saturated carbocycles. The zero-order valence-corrected chi connectivity index (χ0v) is 17.2. The molecule has 0 aromatic carbocycles. The third-order valence-electron chi connectivity index (χ3n) is 4.99. The minimum absolute atomic E-state index is 0.0632. The van der Waals surface area contributed by atoms with E-state index in [0.29, 0.717) is 17.1 Å². The molecule has 4 aromatic heterocycles. The highest BCUT2D eigenvalue weighted by molar-refractivity contribution is 6.02. The first kappa shape index (κ1) is 20.8. The van der Waals surface area contributed by atoms with Gasteiger partial charge in [0.05, 0.1) is 17.3 Å². The van der Waals surface area contributed by atoms with E-state index >= 15 is 0 Å². The van der Waals surface area contributed by atoms with E-state index in [1.165, 1.54) is 10.7 Å². The fraction of sp³-hybridized carbons (Fsp3) is 0.333. The molecular weight excluding hydrogens is 409 g/mol. The van der Waals surface area contributed by atoms with Crippen molar-refractivity contribution in [1.82, 2.24) is 29.9 Å². The second kappa shape index (κ2) is 7.68. The number of hydrogen-bond donors (Lipinski definition) is 2. The maximum atomic E-state index is 12.8. The van der Waals surface area contributed by atoms with Gasteiger partial charge in [-0.1, -0.05) is 13.8 Å². The van der Waals surface area contributed by atoms with Crippen molar-refractivity contribution in [2.75, 3.05) is 0 Å². The Balaban J connectivity index is 1.70. The average Bonchev–Trinajstić information content (AvgIpc) is 3.29. The molecular formula is C21H21F3N6O. The number of nitrogens with zero attached hydrogens (tertiary/aromatic N) is 4. The van der Waals surface area contributed by atoms with Crippen LogP contribution in [0.4, 0.5) is 13.2 Å². The van der Waals surface area contributed by atoms with E-state index in [2.05, 4.69) is 33.9 Å². The molecule has 1 amide bonds. The molecule has 0 bridgehead atoms. The van der Waals surface area contributed by atoms with E-state index in [1.807, 2.05) is 11.4 Å². The van der Waals surface area contributed by atoms with E-state index in [4.69, 9.17) is 0 Å². The fourth-order valence-electron chi connectivity index (χ4n) is 3.33. The van der Waals surface area contributed by atoms with E-state index in [-0.39, 0.29) is 5.56 Å². The van der Waals surface area contributed by atoms with Gasteiger partial charge < -0.3 is 10.3 Å². The lowest BCUT2D eigenvalue weighted by Gasteiger charge is -2.16. The topological polar surface area (TPSA) is 88.0 Å². The number of H-pyrrole nitrogens is 1. The van der Waals surface area contributed by atoms with Gasteiger partial charge in [-0.05, 0) is 30.5 Å². The van der Waals surface area contributed by atoms with Crippen LogP contribution in [0.5, 0.6) is 0 Å². The first-order valence-electron chi connectivity index (χ1n) is 9.82. The number of halogens is 3. The summed E-state index contributed by atoms with van der Waals surface area (Å²) < 4.78 is 39.9. The van der Waals surface area contributed by atoms with Crippen molar-refractivity contribution in [2.24, 2.45) is 5.92 Å². The molecule has 4 rings (SSSR count). The molecule has 162 valence electrons. The first-order valence-corrected chi connectivity index (χ1v) is 9.82. The van der Waals surface area contributed by atoms with Gasteiger partial charge in [0.2, 0.25) is 0 Å². The van der Waals surface area contributed by atoms with Gasteiger partial charge in [0.25, 0.3) is 5.91 Å². The van der Waals surface area contributed by atoms with Crippen molar-refractivity contribution in [2.45, 2.75) is 39.4 Å². The Labute approximate surface area is 175 Å². The van der Waals surface area contributed by atoms with Gasteiger partial charge in [0, 0.05) is 36.0 Å². The summed E-state index contributed by atoms with van der Waals surface area (Å²) in [5, 5.41) is 6.86. The highest BCUT2D eigenvalue weighted by atomic mass is 19.4. The largest absolute Gasteiger partial charge is 0.408 e. The molecule has 2 N–H and O–H groups in total. The van der Waals surface area contributed by atoms with Crippen molar-refractivity contribution < 1.29 is 18.0 Å². The summed E-state index contributed by atoms with van der Waals surface area (Å²) in [6.07, 6.45) is 2.70. The van der Waals surface area contributed by atoms with Crippen molar-refractivity contribution >= 4 is 22.5 Å². The molecule has 0 fully saturated rings. The van der Waals surface area contributed by atoms with Gasteiger partial charge in [-0.15, -0.1) is 0 Å². The van der Waals surface area contributed by atoms with Crippen molar-refractivity contribution in [1.29, 1.82) is 0 Å². The SMILES string of the molecule is CC(C)Cc1ncc2c(-c3ccn4ncc(C(=O)N[C@H](C)C(F)(F)F)c4c3)c[nH]c2n1. The minimum atomic E-state index is -4.53. The third-order valence-corrected chi connectivity index (χ3v) is 4.99. The number of carbonyl (C=O) groups is 1. The van der Waals surface area contributed by atoms with Crippen LogP contribution in [0.25, 0.3) is 27.7 Å². The number of aromatic nitrogens is 5. The van der Waals surface area contributed by atoms with Crippen LogP contribution in [0.1, 0.15) is 37.0 Å². The van der Waals surface area contributed by atoms with Crippen LogP contribution in [-0.2, 0) is 6.42 Å². The number of nitrogens with one attached hydrogen (secondary N) is 2. The Morgan fingerprint density at radius 3 is 2.74 bits per heavy atom. The molecule has 4 aromatic rings. The number of aromatic amines is 1. The fourth-order valence-corrected chi connectivity index (χ4v) is 3.33. The number of fused-ring (bicyclic) bond motifs is 2. The summed E-state index contributed by atoms with van der Waals surface area (Å²) in [6, 6.07) is 1.55. The molecule has 0 radical (unpaired) electrons. The van der Waals surface area contributed by atoms with Gasteiger partial charge >= 0.3 is 6.18 Å². The summed E-state index contributed by atoms with van der Waals surface area (Å²) in [5.74, 6) is 0.346. The molecule has 0 unspecified atom stereocenters. The Bertz CT molecular complexity index is 1260. The zero-order chi connectivity index (χ0) is 22.3. The lowest BCUT2D eigenvalue weighted by molar-refractivity contribution is -0.149. The predicted molar refractivity (Wildman–Crippen MR) is 110 cm³/mol. The summed E-state index contributed by atoms with van der Waals surface area (Å²) in [4.78, 5) is 24.6. The molecule has 0 aliphatic heterocycles. The van der Waals surface area contributed by atoms with E-state index in [9.17, 15) is 18.0 Å². The van der Waals surface area contributed by atoms with Gasteiger partial charge in [-0.3, -0.25) is 4.79 Å². The van der Waals surface area contributed by atoms with E-state index in [0.717, 1.165) is 35.7 Å². The van der Waals surface area contributed by atoms with Crippen molar-refractivity contribution in [3.63, 3.8) is 0 Å². The van der Waals surface area contributed by atoms with Gasteiger partial charge in [-0.25, -0.2) is 14.5 Å². The third kappa shape index (κ3) is 4.10. The molecule has 0 aliphatic carbocycles. The van der Waals surface area contributed by atoms with Crippen LogP contribution in [0.2, 0.25) is 0 Å². The maximum Gasteiger partial charge on any atom is 0.408 e. The van der Waals surface area contributed by atoms with Crippen LogP contribution < -0.4 is 5.32 Å². The Hall–Kier alpha value is -3.43. The normalized spacial score (nSPS) is 13.3. The zero-order valence-electron chi connectivity index (χ0n) is 17.2. The molecule has 31 heavy (non-hydrogen) atoms. The lowest BCUT2D eigenvalue weighted by atomic mass is 10.1. The molecule has 0 aliphatic rings. The summed E-state index contributed by atoms with van der Waals surface area (Å²) in [5.41, 5.74) is 2.75. The van der Waals surface area contributed by atoms with E-state index in [1.54, 1.807) is 24.7 Å². The monoisotopic (exact) mass is 430 g/mol. The summed E-state index contributed by atoms with van der Waals surface area (Å²) in [7, 11) is 0. The quantitative estimate of drug-likeness (QED) is 0.498. The molecule has 10 heteroatoms. The average molecular weight is 430 g/mol. The van der Waals surface area contributed by atoms with Crippen molar-refractivity contribution in [3.05, 3.63) is 48.3 Å². The molecule has 4 heterocycles. The number of amides is 1. The second-order valence-corrected chi connectivity index (χ2v) is 7.89. The van der Waals surface area contributed by atoms with Crippen LogP contribution in [0, 0.1) is 5.92 Å². The Kier molecular flexibility index (Phi) is 5.16. The van der Waals surface area contributed by atoms with Crippen LogP contribution in [0.15, 0.2) is 36.9 Å². The number of alkyl halides is 3. The van der Waals surface area contributed by atoms with Gasteiger partial charge in [0.15, 0.2) is 0 Å². The highest BCUT2D eigenvalue weighted by Gasteiger charge is 2.37. The van der Waals surface area contributed by atoms with Crippen molar-refractivity contribution in [3.8, 4) is 11.1 Å². The molecule has 1 atom stereocenters.